The van der Waals surface area contributed by atoms with Gasteiger partial charge >= 0.3 is 5.69 Å². The minimum atomic E-state index is -0.697. The van der Waals surface area contributed by atoms with E-state index in [0.29, 0.717) is 13.1 Å². The summed E-state index contributed by atoms with van der Waals surface area (Å²) >= 11 is 0. The Labute approximate surface area is 111 Å². The van der Waals surface area contributed by atoms with Crippen molar-refractivity contribution >= 4 is 11.6 Å². The van der Waals surface area contributed by atoms with Crippen LogP contribution in [0.15, 0.2) is 30.9 Å². The third kappa shape index (κ3) is 3.54. The predicted octanol–water partition coefficient (Wildman–Crippen LogP) is 2.34. The van der Waals surface area contributed by atoms with Gasteiger partial charge in [-0.15, -0.1) is 6.58 Å². The molecule has 0 spiro atoms. The number of carbonyl (C=O) groups is 1. The van der Waals surface area contributed by atoms with E-state index in [1.807, 2.05) is 6.92 Å². The second-order valence-electron chi connectivity index (χ2n) is 4.00. The van der Waals surface area contributed by atoms with Crippen LogP contribution in [0.25, 0.3) is 0 Å². The Morgan fingerprint density at radius 1 is 1.58 bits per heavy atom. The third-order valence-electron chi connectivity index (χ3n) is 2.55. The van der Waals surface area contributed by atoms with Gasteiger partial charge in [-0.3, -0.25) is 14.9 Å². The molecular formula is C13H16N2O4. The normalized spacial score (nSPS) is 9.95. The number of hydrogen-bond acceptors (Lipinski definition) is 4. The van der Waals surface area contributed by atoms with Crippen molar-refractivity contribution in [1.82, 2.24) is 4.90 Å². The van der Waals surface area contributed by atoms with Crippen LogP contribution in [0.4, 0.5) is 5.69 Å². The largest absolute Gasteiger partial charge is 0.502 e. The number of nitro groups is 1. The molecule has 0 heterocycles. The van der Waals surface area contributed by atoms with Gasteiger partial charge in [0.2, 0.25) is 0 Å². The fraction of sp³-hybridized carbons (Fsp3) is 0.308. The molecule has 1 N–H and O–H groups in total. The van der Waals surface area contributed by atoms with Gasteiger partial charge in [0.15, 0.2) is 5.75 Å². The molecule has 0 aliphatic carbocycles. The third-order valence-corrected chi connectivity index (χ3v) is 2.55. The first-order valence-corrected chi connectivity index (χ1v) is 5.88. The van der Waals surface area contributed by atoms with Crippen molar-refractivity contribution in [2.75, 3.05) is 13.1 Å². The van der Waals surface area contributed by atoms with E-state index in [4.69, 9.17) is 0 Å². The van der Waals surface area contributed by atoms with Crippen molar-refractivity contribution in [2.24, 2.45) is 0 Å². The SMILES string of the molecule is C=CCN(CCC)C(=O)c1ccc([N+](=O)[O-])c(O)c1. The van der Waals surface area contributed by atoms with E-state index < -0.39 is 16.4 Å². The molecule has 0 aliphatic rings. The Morgan fingerprint density at radius 2 is 2.26 bits per heavy atom. The van der Waals surface area contributed by atoms with E-state index in [9.17, 15) is 20.0 Å². The maximum Gasteiger partial charge on any atom is 0.310 e. The predicted molar refractivity (Wildman–Crippen MR) is 71.2 cm³/mol. The summed E-state index contributed by atoms with van der Waals surface area (Å²) in [6.07, 6.45) is 2.40. The van der Waals surface area contributed by atoms with Crippen molar-refractivity contribution in [3.05, 3.63) is 46.5 Å². The maximum absolute atomic E-state index is 12.2. The van der Waals surface area contributed by atoms with Crippen molar-refractivity contribution in [3.8, 4) is 5.75 Å². The van der Waals surface area contributed by atoms with Crippen LogP contribution in [0.2, 0.25) is 0 Å². The molecule has 6 heteroatoms. The van der Waals surface area contributed by atoms with Gasteiger partial charge in [0.05, 0.1) is 4.92 Å². The highest BCUT2D eigenvalue weighted by molar-refractivity contribution is 5.95. The van der Waals surface area contributed by atoms with Crippen LogP contribution < -0.4 is 0 Å². The number of rotatable bonds is 6. The van der Waals surface area contributed by atoms with Gasteiger partial charge < -0.3 is 10.0 Å². The Balaban J connectivity index is 3.01. The van der Waals surface area contributed by atoms with Crippen LogP contribution in [0, 0.1) is 10.1 Å². The molecule has 1 aromatic rings. The number of aromatic hydroxyl groups is 1. The van der Waals surface area contributed by atoms with Gasteiger partial charge in [0.25, 0.3) is 5.91 Å². The highest BCUT2D eigenvalue weighted by atomic mass is 16.6. The number of nitrogens with zero attached hydrogens (tertiary/aromatic N) is 2. The number of carbonyl (C=O) groups excluding carboxylic acids is 1. The van der Waals surface area contributed by atoms with Gasteiger partial charge in [0, 0.05) is 24.7 Å². The number of phenolic OH excluding ortho intramolecular Hbond substituents is 1. The molecule has 0 bridgehead atoms. The van der Waals surface area contributed by atoms with Crippen molar-refractivity contribution in [2.45, 2.75) is 13.3 Å². The van der Waals surface area contributed by atoms with E-state index >= 15 is 0 Å². The van der Waals surface area contributed by atoms with Crippen LogP contribution in [-0.4, -0.2) is 33.9 Å². The average molecular weight is 264 g/mol. The minimum absolute atomic E-state index is 0.221. The van der Waals surface area contributed by atoms with Gasteiger partial charge in [-0.1, -0.05) is 13.0 Å². The molecule has 1 aromatic carbocycles. The topological polar surface area (TPSA) is 83.7 Å². The van der Waals surface area contributed by atoms with Crippen LogP contribution in [0.5, 0.6) is 5.75 Å². The second kappa shape index (κ2) is 6.53. The lowest BCUT2D eigenvalue weighted by Crippen LogP contribution is -2.31. The fourth-order valence-corrected chi connectivity index (χ4v) is 1.69. The molecule has 0 radical (unpaired) electrons. The monoisotopic (exact) mass is 264 g/mol. The molecule has 6 nitrogen and oxygen atoms in total. The fourth-order valence-electron chi connectivity index (χ4n) is 1.69. The summed E-state index contributed by atoms with van der Waals surface area (Å²) in [5.41, 5.74) is -0.194. The summed E-state index contributed by atoms with van der Waals surface area (Å²) in [5.74, 6) is -0.794. The number of benzene rings is 1. The zero-order chi connectivity index (χ0) is 14.4. The van der Waals surface area contributed by atoms with E-state index in [-0.39, 0.29) is 11.5 Å². The van der Waals surface area contributed by atoms with Gasteiger partial charge in [-0.25, -0.2) is 0 Å². The number of phenols is 1. The summed E-state index contributed by atoms with van der Waals surface area (Å²) in [6, 6.07) is 3.58. The smallest absolute Gasteiger partial charge is 0.310 e. The number of amides is 1. The molecule has 0 fully saturated rings. The Bertz CT molecular complexity index is 499. The Kier molecular flexibility index (Phi) is 5.05. The van der Waals surface area contributed by atoms with Gasteiger partial charge in [-0.05, 0) is 18.6 Å². The van der Waals surface area contributed by atoms with Gasteiger partial charge in [-0.2, -0.15) is 0 Å². The number of hydrogen-bond donors (Lipinski definition) is 1. The first kappa shape index (κ1) is 14.7. The van der Waals surface area contributed by atoms with Crippen molar-refractivity contribution in [1.29, 1.82) is 0 Å². The van der Waals surface area contributed by atoms with E-state index in [2.05, 4.69) is 6.58 Å². The Morgan fingerprint density at radius 3 is 2.74 bits per heavy atom. The summed E-state index contributed by atoms with van der Waals surface area (Å²) in [7, 11) is 0. The molecule has 102 valence electrons. The molecular weight excluding hydrogens is 248 g/mol. The van der Waals surface area contributed by atoms with E-state index in [1.54, 1.807) is 11.0 Å². The highest BCUT2D eigenvalue weighted by Crippen LogP contribution is 2.26. The lowest BCUT2D eigenvalue weighted by Gasteiger charge is -2.20. The molecule has 19 heavy (non-hydrogen) atoms. The molecule has 0 aliphatic heterocycles. The standard InChI is InChI=1S/C13H16N2O4/c1-3-7-14(8-4-2)13(17)10-5-6-11(15(18)19)12(16)9-10/h3,5-6,9,16H,1,4,7-8H2,2H3. The van der Waals surface area contributed by atoms with E-state index in [1.165, 1.54) is 6.07 Å². The molecule has 1 amide bonds. The lowest BCUT2D eigenvalue weighted by atomic mass is 10.1. The Hall–Kier alpha value is -2.37. The molecule has 0 unspecified atom stereocenters. The summed E-state index contributed by atoms with van der Waals surface area (Å²) in [4.78, 5) is 23.6. The van der Waals surface area contributed by atoms with Gasteiger partial charge in [0.1, 0.15) is 0 Å². The zero-order valence-corrected chi connectivity index (χ0v) is 10.7. The second-order valence-corrected chi connectivity index (χ2v) is 4.00. The summed E-state index contributed by atoms with van der Waals surface area (Å²) < 4.78 is 0. The average Bonchev–Trinajstić information content (AvgIpc) is 2.37. The van der Waals surface area contributed by atoms with Crippen molar-refractivity contribution in [3.63, 3.8) is 0 Å². The first-order chi connectivity index (χ1) is 9.01. The zero-order valence-electron chi connectivity index (χ0n) is 10.7. The molecule has 0 aromatic heterocycles. The van der Waals surface area contributed by atoms with Crippen molar-refractivity contribution < 1.29 is 14.8 Å². The quantitative estimate of drug-likeness (QED) is 0.485. The summed E-state index contributed by atoms with van der Waals surface area (Å²) in [5, 5.41) is 20.1. The maximum atomic E-state index is 12.2. The highest BCUT2D eigenvalue weighted by Gasteiger charge is 2.19. The molecule has 0 saturated carbocycles. The summed E-state index contributed by atoms with van der Waals surface area (Å²) in [6.45, 7) is 6.47. The first-order valence-electron chi connectivity index (χ1n) is 5.88. The molecule has 0 atom stereocenters. The lowest BCUT2D eigenvalue weighted by molar-refractivity contribution is -0.385. The van der Waals surface area contributed by atoms with Crippen LogP contribution >= 0.6 is 0 Å². The van der Waals surface area contributed by atoms with E-state index in [0.717, 1.165) is 18.6 Å². The van der Waals surface area contributed by atoms with Crippen LogP contribution in [0.3, 0.4) is 0 Å². The number of nitro benzene ring substituents is 1. The molecule has 1 rings (SSSR count). The van der Waals surface area contributed by atoms with Crippen LogP contribution in [-0.2, 0) is 0 Å². The minimum Gasteiger partial charge on any atom is -0.502 e. The van der Waals surface area contributed by atoms with Crippen LogP contribution in [0.1, 0.15) is 23.7 Å². The molecule has 0 saturated heterocycles.